The minimum Gasteiger partial charge on any atom is -0.374 e. The number of nitrogens with one attached hydrogen (secondary N) is 1. The summed E-state index contributed by atoms with van der Waals surface area (Å²) in [7, 11) is 0. The van der Waals surface area contributed by atoms with Crippen molar-refractivity contribution in [3.05, 3.63) is 58.1 Å². The lowest BCUT2D eigenvalue weighted by atomic mass is 10.2. The lowest BCUT2D eigenvalue weighted by molar-refractivity contribution is -0.384. The van der Waals surface area contributed by atoms with Crippen LogP contribution in [0.5, 0.6) is 0 Å². The van der Waals surface area contributed by atoms with Crippen molar-refractivity contribution >= 4 is 22.7 Å². The van der Waals surface area contributed by atoms with Crippen molar-refractivity contribution in [3.63, 3.8) is 0 Å². The van der Waals surface area contributed by atoms with Gasteiger partial charge in [-0.25, -0.2) is 0 Å². The van der Waals surface area contributed by atoms with E-state index in [1.54, 1.807) is 13.0 Å². The topological polar surface area (TPSA) is 100 Å². The largest absolute Gasteiger partial charge is 0.374 e. The number of hydrogen-bond donors (Lipinski definition) is 2. The van der Waals surface area contributed by atoms with Crippen LogP contribution < -0.4 is 5.32 Å². The highest BCUT2D eigenvalue weighted by Crippen LogP contribution is 2.25. The van der Waals surface area contributed by atoms with Crippen molar-refractivity contribution in [2.45, 2.75) is 20.1 Å². The number of aryl methyl sites for hydroxylation is 1. The standard InChI is InChI=1S/C15H16N4O3/c1-10-9-13(5-8-15(10)16-11(2)20)18-17-12-3-6-14(7-4-12)19(21)22/h3-9,11,16,20H,1-2H3/b18-17+. The number of benzene rings is 2. The third kappa shape index (κ3) is 4.10. The molecule has 0 spiro atoms. The van der Waals surface area contributed by atoms with Gasteiger partial charge in [0.2, 0.25) is 0 Å². The second-order valence-electron chi connectivity index (χ2n) is 4.79. The number of anilines is 1. The summed E-state index contributed by atoms with van der Waals surface area (Å²) in [5.74, 6) is 0. The van der Waals surface area contributed by atoms with Crippen LogP contribution in [0.4, 0.5) is 22.7 Å². The van der Waals surface area contributed by atoms with E-state index in [0.717, 1.165) is 11.3 Å². The molecule has 7 heteroatoms. The van der Waals surface area contributed by atoms with E-state index in [0.29, 0.717) is 11.4 Å². The molecule has 0 aliphatic rings. The fourth-order valence-corrected chi connectivity index (χ4v) is 1.85. The minimum absolute atomic E-state index is 0.0170. The summed E-state index contributed by atoms with van der Waals surface area (Å²) in [4.78, 5) is 10.1. The molecule has 0 saturated heterocycles. The molecule has 1 atom stereocenters. The predicted octanol–water partition coefficient (Wildman–Crippen LogP) is 4.07. The molecule has 0 amide bonds. The summed E-state index contributed by atoms with van der Waals surface area (Å²) in [5.41, 5.74) is 2.97. The van der Waals surface area contributed by atoms with Crippen molar-refractivity contribution in [2.24, 2.45) is 10.2 Å². The van der Waals surface area contributed by atoms with E-state index in [2.05, 4.69) is 15.5 Å². The quantitative estimate of drug-likeness (QED) is 0.376. The van der Waals surface area contributed by atoms with Crippen LogP contribution >= 0.6 is 0 Å². The van der Waals surface area contributed by atoms with Crippen molar-refractivity contribution in [3.8, 4) is 0 Å². The monoisotopic (exact) mass is 300 g/mol. The molecular formula is C15H16N4O3. The summed E-state index contributed by atoms with van der Waals surface area (Å²) < 4.78 is 0. The van der Waals surface area contributed by atoms with E-state index in [-0.39, 0.29) is 5.69 Å². The zero-order valence-electron chi connectivity index (χ0n) is 12.2. The highest BCUT2D eigenvalue weighted by molar-refractivity contribution is 5.57. The average Bonchev–Trinajstić information content (AvgIpc) is 2.47. The number of azo groups is 1. The maximum atomic E-state index is 10.6. The number of hydrogen-bond acceptors (Lipinski definition) is 6. The Kier molecular flexibility index (Phi) is 4.80. The third-order valence-corrected chi connectivity index (χ3v) is 2.92. The first-order valence-electron chi connectivity index (χ1n) is 6.67. The first-order valence-corrected chi connectivity index (χ1v) is 6.67. The van der Waals surface area contributed by atoms with Gasteiger partial charge in [-0.3, -0.25) is 10.1 Å². The molecule has 0 heterocycles. The van der Waals surface area contributed by atoms with E-state index >= 15 is 0 Å². The summed E-state index contributed by atoms with van der Waals surface area (Å²) in [6.45, 7) is 3.54. The summed E-state index contributed by atoms with van der Waals surface area (Å²) in [6.07, 6.45) is -0.633. The number of nitro groups is 1. The molecule has 22 heavy (non-hydrogen) atoms. The maximum absolute atomic E-state index is 10.6. The smallest absolute Gasteiger partial charge is 0.269 e. The number of aliphatic hydroxyl groups excluding tert-OH is 1. The van der Waals surface area contributed by atoms with Gasteiger partial charge in [0.15, 0.2) is 0 Å². The average molecular weight is 300 g/mol. The SMILES string of the molecule is Cc1cc(/N=N/c2ccc([N+](=O)[O-])cc2)ccc1NC(C)O. The Labute approximate surface area is 127 Å². The Balaban J connectivity index is 2.12. The fourth-order valence-electron chi connectivity index (χ4n) is 1.85. The lowest BCUT2D eigenvalue weighted by Gasteiger charge is -2.11. The molecule has 0 saturated carbocycles. The van der Waals surface area contributed by atoms with Crippen LogP contribution in [0.25, 0.3) is 0 Å². The Morgan fingerprint density at radius 1 is 1.14 bits per heavy atom. The van der Waals surface area contributed by atoms with Gasteiger partial charge in [-0.2, -0.15) is 10.2 Å². The molecule has 0 bridgehead atoms. The number of aliphatic hydroxyl groups is 1. The lowest BCUT2D eigenvalue weighted by Crippen LogP contribution is -2.13. The molecule has 0 fully saturated rings. The number of non-ortho nitro benzene ring substituents is 1. The highest BCUT2D eigenvalue weighted by Gasteiger charge is 2.04. The Hall–Kier alpha value is -2.80. The summed E-state index contributed by atoms with van der Waals surface area (Å²) in [6, 6.07) is 11.3. The first kappa shape index (κ1) is 15.6. The van der Waals surface area contributed by atoms with Gasteiger partial charge in [0, 0.05) is 17.8 Å². The number of nitrogens with zero attached hydrogens (tertiary/aromatic N) is 3. The van der Waals surface area contributed by atoms with E-state index in [9.17, 15) is 15.2 Å². The zero-order valence-corrected chi connectivity index (χ0v) is 12.2. The predicted molar refractivity (Wildman–Crippen MR) is 83.8 cm³/mol. The van der Waals surface area contributed by atoms with Crippen LogP contribution in [0.1, 0.15) is 12.5 Å². The summed E-state index contributed by atoms with van der Waals surface area (Å²) in [5, 5.41) is 30.9. The molecule has 1 unspecified atom stereocenters. The van der Waals surface area contributed by atoms with Crippen LogP contribution in [-0.2, 0) is 0 Å². The molecule has 2 aromatic rings. The summed E-state index contributed by atoms with van der Waals surface area (Å²) >= 11 is 0. The van der Waals surface area contributed by atoms with E-state index in [1.165, 1.54) is 24.3 Å². The van der Waals surface area contributed by atoms with Gasteiger partial charge in [-0.1, -0.05) is 0 Å². The van der Waals surface area contributed by atoms with Gasteiger partial charge < -0.3 is 10.4 Å². The molecule has 7 nitrogen and oxygen atoms in total. The number of nitro benzene ring substituents is 1. The van der Waals surface area contributed by atoms with Gasteiger partial charge in [0.05, 0.1) is 16.3 Å². The minimum atomic E-state index is -0.633. The number of rotatable bonds is 5. The van der Waals surface area contributed by atoms with Crippen LogP contribution in [0.3, 0.4) is 0 Å². The molecule has 0 aliphatic heterocycles. The van der Waals surface area contributed by atoms with Crippen molar-refractivity contribution < 1.29 is 10.0 Å². The molecule has 0 aromatic heterocycles. The van der Waals surface area contributed by atoms with Crippen molar-refractivity contribution in [1.29, 1.82) is 0 Å². The van der Waals surface area contributed by atoms with Gasteiger partial charge in [-0.15, -0.1) is 0 Å². The van der Waals surface area contributed by atoms with Crippen LogP contribution in [0.2, 0.25) is 0 Å². The molecule has 114 valence electrons. The fraction of sp³-hybridized carbons (Fsp3) is 0.200. The van der Waals surface area contributed by atoms with Crippen LogP contribution in [0.15, 0.2) is 52.7 Å². The molecular weight excluding hydrogens is 284 g/mol. The van der Waals surface area contributed by atoms with Gasteiger partial charge in [0.1, 0.15) is 6.23 Å². The molecule has 0 aliphatic carbocycles. The normalized spacial score (nSPS) is 12.3. The van der Waals surface area contributed by atoms with Crippen LogP contribution in [0, 0.1) is 17.0 Å². The Morgan fingerprint density at radius 3 is 2.27 bits per heavy atom. The van der Waals surface area contributed by atoms with E-state index < -0.39 is 11.2 Å². The molecule has 2 aromatic carbocycles. The first-order chi connectivity index (χ1) is 10.5. The van der Waals surface area contributed by atoms with E-state index in [1.807, 2.05) is 19.1 Å². The molecule has 2 N–H and O–H groups in total. The maximum Gasteiger partial charge on any atom is 0.269 e. The highest BCUT2D eigenvalue weighted by atomic mass is 16.6. The van der Waals surface area contributed by atoms with Gasteiger partial charge in [-0.05, 0) is 49.7 Å². The second kappa shape index (κ2) is 6.77. The van der Waals surface area contributed by atoms with Gasteiger partial charge in [0.25, 0.3) is 5.69 Å². The Bertz CT molecular complexity index is 696. The Morgan fingerprint density at radius 2 is 1.73 bits per heavy atom. The molecule has 0 radical (unpaired) electrons. The van der Waals surface area contributed by atoms with Crippen LogP contribution in [-0.4, -0.2) is 16.3 Å². The van der Waals surface area contributed by atoms with Crippen molar-refractivity contribution in [2.75, 3.05) is 5.32 Å². The van der Waals surface area contributed by atoms with Crippen molar-refractivity contribution in [1.82, 2.24) is 0 Å². The van der Waals surface area contributed by atoms with E-state index in [4.69, 9.17) is 0 Å². The van der Waals surface area contributed by atoms with Gasteiger partial charge >= 0.3 is 0 Å². The second-order valence-corrected chi connectivity index (χ2v) is 4.79. The third-order valence-electron chi connectivity index (χ3n) is 2.92. The molecule has 2 rings (SSSR count). The zero-order chi connectivity index (χ0) is 16.1.